The van der Waals surface area contributed by atoms with Crippen molar-refractivity contribution in [2.75, 3.05) is 33.9 Å². The van der Waals surface area contributed by atoms with Crippen molar-refractivity contribution in [3.63, 3.8) is 0 Å². The number of rotatable bonds is 4. The number of hydrogen-bond donors (Lipinski definition) is 1. The molecule has 2 atom stereocenters. The van der Waals surface area contributed by atoms with E-state index in [-0.39, 0.29) is 17.9 Å². The summed E-state index contributed by atoms with van der Waals surface area (Å²) in [5.74, 6) is 0.195. The topological polar surface area (TPSA) is 41.6 Å². The predicted molar refractivity (Wildman–Crippen MR) is 55.1 cm³/mol. The largest absolute Gasteiger partial charge is 0.379 e. The second kappa shape index (κ2) is 5.32. The maximum Gasteiger partial charge on any atom is 0.229 e. The second-order valence-electron chi connectivity index (χ2n) is 3.80. The Morgan fingerprint density at radius 2 is 2.29 bits per heavy atom. The molecule has 4 heteroatoms. The molecule has 14 heavy (non-hydrogen) atoms. The maximum absolute atomic E-state index is 11.9. The van der Waals surface area contributed by atoms with Gasteiger partial charge in [-0.1, -0.05) is 6.92 Å². The summed E-state index contributed by atoms with van der Waals surface area (Å²) in [6, 6.07) is 0.182. The van der Waals surface area contributed by atoms with E-state index in [0.717, 1.165) is 13.0 Å². The highest BCUT2D eigenvalue weighted by molar-refractivity contribution is 5.79. The van der Waals surface area contributed by atoms with E-state index >= 15 is 0 Å². The van der Waals surface area contributed by atoms with Gasteiger partial charge in [0.1, 0.15) is 0 Å². The number of carbonyl (C=O) groups is 1. The van der Waals surface area contributed by atoms with Crippen molar-refractivity contribution in [3.05, 3.63) is 0 Å². The number of nitrogens with one attached hydrogen (secondary N) is 1. The number of amides is 1. The molecule has 1 fully saturated rings. The van der Waals surface area contributed by atoms with Crippen LogP contribution in [0.15, 0.2) is 0 Å². The van der Waals surface area contributed by atoms with E-state index in [9.17, 15) is 4.79 Å². The SMILES string of the molecule is CCCN(C)C(=O)C1COCC1NC. The van der Waals surface area contributed by atoms with Gasteiger partial charge in [0.15, 0.2) is 0 Å². The number of likely N-dealkylation sites (N-methyl/N-ethyl adjacent to an activating group) is 1. The zero-order valence-corrected chi connectivity index (χ0v) is 9.25. The molecule has 1 saturated heterocycles. The Bertz CT molecular complexity index is 197. The molecule has 0 aliphatic carbocycles. The summed E-state index contributed by atoms with van der Waals surface area (Å²) in [7, 11) is 3.73. The summed E-state index contributed by atoms with van der Waals surface area (Å²) < 4.78 is 5.30. The van der Waals surface area contributed by atoms with Gasteiger partial charge in [0.05, 0.1) is 19.1 Å². The molecule has 1 heterocycles. The van der Waals surface area contributed by atoms with E-state index in [1.807, 2.05) is 14.1 Å². The third kappa shape index (κ3) is 2.45. The molecule has 1 N–H and O–H groups in total. The average Bonchev–Trinajstić information content (AvgIpc) is 2.64. The summed E-state index contributed by atoms with van der Waals surface area (Å²) in [5, 5.41) is 3.12. The first-order chi connectivity index (χ1) is 6.70. The van der Waals surface area contributed by atoms with Crippen LogP contribution in [0.1, 0.15) is 13.3 Å². The zero-order valence-electron chi connectivity index (χ0n) is 9.25. The van der Waals surface area contributed by atoms with Crippen molar-refractivity contribution < 1.29 is 9.53 Å². The van der Waals surface area contributed by atoms with Crippen molar-refractivity contribution in [2.45, 2.75) is 19.4 Å². The molecule has 1 aliphatic heterocycles. The highest BCUT2D eigenvalue weighted by Gasteiger charge is 2.34. The smallest absolute Gasteiger partial charge is 0.229 e. The molecule has 0 spiro atoms. The van der Waals surface area contributed by atoms with Crippen molar-refractivity contribution >= 4 is 5.91 Å². The number of nitrogens with zero attached hydrogens (tertiary/aromatic N) is 1. The van der Waals surface area contributed by atoms with Gasteiger partial charge in [0.2, 0.25) is 5.91 Å². The summed E-state index contributed by atoms with van der Waals surface area (Å²) in [6.45, 7) is 4.10. The lowest BCUT2D eigenvalue weighted by atomic mass is 10.0. The average molecular weight is 200 g/mol. The quantitative estimate of drug-likeness (QED) is 0.699. The van der Waals surface area contributed by atoms with Gasteiger partial charge in [-0.25, -0.2) is 0 Å². The van der Waals surface area contributed by atoms with Gasteiger partial charge in [-0.2, -0.15) is 0 Å². The van der Waals surface area contributed by atoms with E-state index in [1.54, 1.807) is 4.90 Å². The Hall–Kier alpha value is -0.610. The van der Waals surface area contributed by atoms with Crippen LogP contribution in [-0.4, -0.2) is 50.7 Å². The fourth-order valence-electron chi connectivity index (χ4n) is 1.81. The van der Waals surface area contributed by atoms with Crippen LogP contribution in [-0.2, 0) is 9.53 Å². The first-order valence-corrected chi connectivity index (χ1v) is 5.20. The van der Waals surface area contributed by atoms with Crippen LogP contribution >= 0.6 is 0 Å². The minimum Gasteiger partial charge on any atom is -0.379 e. The molecule has 0 bridgehead atoms. The molecule has 0 aromatic carbocycles. The Morgan fingerprint density at radius 3 is 2.86 bits per heavy atom. The Kier molecular flexibility index (Phi) is 4.35. The molecule has 0 radical (unpaired) electrons. The summed E-state index contributed by atoms with van der Waals surface area (Å²) in [4.78, 5) is 13.7. The molecule has 0 aromatic heterocycles. The number of ether oxygens (including phenoxy) is 1. The van der Waals surface area contributed by atoms with Crippen LogP contribution in [0.5, 0.6) is 0 Å². The summed E-state index contributed by atoms with van der Waals surface area (Å²) >= 11 is 0. The molecular weight excluding hydrogens is 180 g/mol. The second-order valence-corrected chi connectivity index (χ2v) is 3.80. The highest BCUT2D eigenvalue weighted by Crippen LogP contribution is 2.15. The minimum atomic E-state index is -0.00319. The highest BCUT2D eigenvalue weighted by atomic mass is 16.5. The molecule has 1 amide bonds. The van der Waals surface area contributed by atoms with Gasteiger partial charge < -0.3 is 15.0 Å². The van der Waals surface area contributed by atoms with Crippen LogP contribution in [0.4, 0.5) is 0 Å². The van der Waals surface area contributed by atoms with E-state index in [4.69, 9.17) is 4.74 Å². The molecular formula is C10H20N2O2. The van der Waals surface area contributed by atoms with Gasteiger partial charge in [-0.3, -0.25) is 4.79 Å². The summed E-state index contributed by atoms with van der Waals surface area (Å²) in [6.07, 6.45) is 1.00. The van der Waals surface area contributed by atoms with Gasteiger partial charge >= 0.3 is 0 Å². The van der Waals surface area contributed by atoms with Crippen LogP contribution in [0.25, 0.3) is 0 Å². The Morgan fingerprint density at radius 1 is 1.57 bits per heavy atom. The van der Waals surface area contributed by atoms with Gasteiger partial charge in [0, 0.05) is 19.6 Å². The van der Waals surface area contributed by atoms with E-state index in [0.29, 0.717) is 13.2 Å². The fraction of sp³-hybridized carbons (Fsp3) is 0.900. The van der Waals surface area contributed by atoms with E-state index < -0.39 is 0 Å². The lowest BCUT2D eigenvalue weighted by Crippen LogP contribution is -2.43. The van der Waals surface area contributed by atoms with Crippen molar-refractivity contribution in [1.82, 2.24) is 10.2 Å². The standard InChI is InChI=1S/C10H20N2O2/c1-4-5-12(3)10(13)8-6-14-7-9(8)11-2/h8-9,11H,4-7H2,1-3H3. The minimum absolute atomic E-state index is 0.00319. The van der Waals surface area contributed by atoms with Crippen LogP contribution < -0.4 is 5.32 Å². The van der Waals surface area contributed by atoms with Crippen molar-refractivity contribution in [2.24, 2.45) is 5.92 Å². The Balaban J connectivity index is 2.50. The van der Waals surface area contributed by atoms with Crippen molar-refractivity contribution in [1.29, 1.82) is 0 Å². The van der Waals surface area contributed by atoms with Gasteiger partial charge in [-0.05, 0) is 13.5 Å². The normalized spacial score (nSPS) is 26.5. The molecule has 4 nitrogen and oxygen atoms in total. The first-order valence-electron chi connectivity index (χ1n) is 5.20. The molecule has 0 aromatic rings. The maximum atomic E-state index is 11.9. The van der Waals surface area contributed by atoms with Crippen LogP contribution in [0.3, 0.4) is 0 Å². The van der Waals surface area contributed by atoms with E-state index in [2.05, 4.69) is 12.2 Å². The molecule has 0 saturated carbocycles. The number of hydrogen-bond acceptors (Lipinski definition) is 3. The lowest BCUT2D eigenvalue weighted by molar-refractivity contribution is -0.134. The van der Waals surface area contributed by atoms with Crippen molar-refractivity contribution in [3.8, 4) is 0 Å². The third-order valence-corrected chi connectivity index (χ3v) is 2.70. The molecule has 1 aliphatic rings. The summed E-state index contributed by atoms with van der Waals surface area (Å²) in [5.41, 5.74) is 0. The predicted octanol–water partition coefficient (Wildman–Crippen LogP) is 0.0892. The monoisotopic (exact) mass is 200 g/mol. The van der Waals surface area contributed by atoms with Crippen LogP contribution in [0.2, 0.25) is 0 Å². The third-order valence-electron chi connectivity index (χ3n) is 2.70. The van der Waals surface area contributed by atoms with Gasteiger partial charge in [0.25, 0.3) is 0 Å². The van der Waals surface area contributed by atoms with E-state index in [1.165, 1.54) is 0 Å². The van der Waals surface area contributed by atoms with Crippen LogP contribution in [0, 0.1) is 5.92 Å². The molecule has 1 rings (SSSR count). The van der Waals surface area contributed by atoms with Gasteiger partial charge in [-0.15, -0.1) is 0 Å². The fourth-order valence-corrected chi connectivity index (χ4v) is 1.81. The number of carbonyl (C=O) groups excluding carboxylic acids is 1. The lowest BCUT2D eigenvalue weighted by Gasteiger charge is -2.23. The zero-order chi connectivity index (χ0) is 10.6. The first kappa shape index (κ1) is 11.5. The Labute approximate surface area is 85.6 Å². The molecule has 2 unspecified atom stereocenters. The molecule has 82 valence electrons.